The van der Waals surface area contributed by atoms with Gasteiger partial charge in [0.15, 0.2) is 6.61 Å². The summed E-state index contributed by atoms with van der Waals surface area (Å²) in [5.41, 5.74) is 2.51. The number of nitrogens with zero attached hydrogens (tertiary/aromatic N) is 2. The Kier molecular flexibility index (Phi) is 7.06. The first kappa shape index (κ1) is 21.7. The van der Waals surface area contributed by atoms with E-state index in [1.54, 1.807) is 6.08 Å². The van der Waals surface area contributed by atoms with Crippen LogP contribution in [0.2, 0.25) is 0 Å². The van der Waals surface area contributed by atoms with Gasteiger partial charge in [-0.25, -0.2) is 4.79 Å². The van der Waals surface area contributed by atoms with Crippen LogP contribution in [0.5, 0.6) is 0 Å². The number of nitriles is 1. The number of hydrogen-bond acceptors (Lipinski definition) is 4. The third kappa shape index (κ3) is 5.72. The number of aryl methyl sites for hydroxylation is 1. The van der Waals surface area contributed by atoms with Crippen molar-refractivity contribution in [3.63, 3.8) is 0 Å². The summed E-state index contributed by atoms with van der Waals surface area (Å²) in [5, 5.41) is 12.1. The molecular weight excluding hydrogens is 354 g/mol. The molecule has 1 aliphatic carbocycles. The number of ether oxygens (including phenoxy) is 1. The molecule has 0 bridgehead atoms. The molecule has 1 aromatic rings. The lowest BCUT2D eigenvalue weighted by atomic mass is 9.95. The first-order valence-corrected chi connectivity index (χ1v) is 9.90. The van der Waals surface area contributed by atoms with Crippen LogP contribution in [0, 0.1) is 25.2 Å². The van der Waals surface area contributed by atoms with Crippen molar-refractivity contribution in [2.75, 3.05) is 6.61 Å². The molecule has 28 heavy (non-hydrogen) atoms. The molecule has 1 aromatic heterocycles. The Morgan fingerprint density at radius 1 is 1.29 bits per heavy atom. The summed E-state index contributed by atoms with van der Waals surface area (Å²) in [6.45, 7) is 9.20. The van der Waals surface area contributed by atoms with E-state index in [2.05, 4.69) is 16.8 Å². The SMILES string of the molecule is Cc1cc(/C=C(\C#N)C(=O)OCC(=O)NC(C)(C)C)c(C)n1C1CCCCC1. The second-order valence-electron chi connectivity index (χ2n) is 8.53. The first-order chi connectivity index (χ1) is 13.1. The van der Waals surface area contributed by atoms with Gasteiger partial charge in [0.05, 0.1) is 0 Å². The van der Waals surface area contributed by atoms with Gasteiger partial charge in [-0.15, -0.1) is 0 Å². The van der Waals surface area contributed by atoms with E-state index in [0.717, 1.165) is 29.8 Å². The predicted octanol–water partition coefficient (Wildman–Crippen LogP) is 3.98. The van der Waals surface area contributed by atoms with Gasteiger partial charge in [-0.2, -0.15) is 5.26 Å². The fourth-order valence-electron chi connectivity index (χ4n) is 3.81. The van der Waals surface area contributed by atoms with Crippen LogP contribution in [0.4, 0.5) is 0 Å². The number of nitrogens with one attached hydrogen (secondary N) is 1. The monoisotopic (exact) mass is 385 g/mol. The van der Waals surface area contributed by atoms with E-state index < -0.39 is 24.0 Å². The second kappa shape index (κ2) is 9.09. The second-order valence-corrected chi connectivity index (χ2v) is 8.53. The molecule has 0 saturated heterocycles. The highest BCUT2D eigenvalue weighted by molar-refractivity contribution is 5.99. The minimum atomic E-state index is -0.783. The zero-order chi connectivity index (χ0) is 20.9. The number of esters is 1. The quantitative estimate of drug-likeness (QED) is 0.472. The number of rotatable bonds is 5. The Labute approximate surface area is 167 Å². The van der Waals surface area contributed by atoms with E-state index in [4.69, 9.17) is 4.74 Å². The summed E-state index contributed by atoms with van der Waals surface area (Å²) in [5.74, 6) is -1.18. The fraction of sp³-hybridized carbons (Fsp3) is 0.591. The molecule has 0 spiro atoms. The minimum Gasteiger partial charge on any atom is -0.451 e. The maximum Gasteiger partial charge on any atom is 0.349 e. The van der Waals surface area contributed by atoms with Crippen LogP contribution in [-0.2, 0) is 14.3 Å². The molecule has 6 heteroatoms. The molecular formula is C22H31N3O3. The molecule has 1 heterocycles. The van der Waals surface area contributed by atoms with Gasteiger partial charge >= 0.3 is 5.97 Å². The molecule has 2 rings (SSSR count). The van der Waals surface area contributed by atoms with Crippen molar-refractivity contribution in [3.05, 3.63) is 28.6 Å². The van der Waals surface area contributed by atoms with E-state index in [-0.39, 0.29) is 5.57 Å². The van der Waals surface area contributed by atoms with Gasteiger partial charge < -0.3 is 14.6 Å². The number of hydrogen-bond donors (Lipinski definition) is 1. The predicted molar refractivity (Wildman–Crippen MR) is 108 cm³/mol. The van der Waals surface area contributed by atoms with Gasteiger partial charge in [-0.1, -0.05) is 19.3 Å². The van der Waals surface area contributed by atoms with Gasteiger partial charge in [0.1, 0.15) is 11.6 Å². The van der Waals surface area contributed by atoms with Crippen molar-refractivity contribution in [3.8, 4) is 6.07 Å². The van der Waals surface area contributed by atoms with Crippen molar-refractivity contribution < 1.29 is 14.3 Å². The Hall–Kier alpha value is -2.55. The van der Waals surface area contributed by atoms with Crippen molar-refractivity contribution >= 4 is 18.0 Å². The van der Waals surface area contributed by atoms with E-state index in [1.165, 1.54) is 19.3 Å². The molecule has 0 radical (unpaired) electrons. The van der Waals surface area contributed by atoms with Crippen molar-refractivity contribution in [2.45, 2.75) is 78.3 Å². The summed E-state index contributed by atoms with van der Waals surface area (Å²) in [4.78, 5) is 24.1. The minimum absolute atomic E-state index is 0.104. The lowest BCUT2D eigenvalue weighted by Crippen LogP contribution is -2.42. The number of amides is 1. The first-order valence-electron chi connectivity index (χ1n) is 9.90. The van der Waals surface area contributed by atoms with Crippen LogP contribution in [0.3, 0.4) is 0 Å². The average Bonchev–Trinajstić information content (AvgIpc) is 2.90. The molecule has 1 aliphatic rings. The molecule has 0 aromatic carbocycles. The third-order valence-electron chi connectivity index (χ3n) is 4.95. The lowest BCUT2D eigenvalue weighted by Gasteiger charge is -2.26. The van der Waals surface area contributed by atoms with Crippen LogP contribution < -0.4 is 5.32 Å². The maximum atomic E-state index is 12.3. The standard InChI is InChI=1S/C22H31N3O3/c1-15-11-17(16(2)25(15)19-9-7-6-8-10-19)12-18(13-23)21(27)28-14-20(26)24-22(3,4)5/h11-12,19H,6-10,14H2,1-5H3,(H,24,26)/b18-12+. The van der Waals surface area contributed by atoms with Gasteiger partial charge in [0, 0.05) is 23.0 Å². The maximum absolute atomic E-state index is 12.3. The Balaban J connectivity index is 2.12. The van der Waals surface area contributed by atoms with Gasteiger partial charge in [0.2, 0.25) is 0 Å². The number of aromatic nitrogens is 1. The summed E-state index contributed by atoms with van der Waals surface area (Å²) >= 11 is 0. The Morgan fingerprint density at radius 3 is 2.50 bits per heavy atom. The number of carbonyl (C=O) groups is 2. The van der Waals surface area contributed by atoms with E-state index >= 15 is 0 Å². The smallest absolute Gasteiger partial charge is 0.349 e. The Morgan fingerprint density at radius 2 is 1.93 bits per heavy atom. The summed E-state index contributed by atoms with van der Waals surface area (Å²) in [7, 11) is 0. The molecule has 1 N–H and O–H groups in total. The third-order valence-corrected chi connectivity index (χ3v) is 4.95. The molecule has 6 nitrogen and oxygen atoms in total. The zero-order valence-corrected chi connectivity index (χ0v) is 17.6. The zero-order valence-electron chi connectivity index (χ0n) is 17.6. The van der Waals surface area contributed by atoms with Gasteiger partial charge in [-0.05, 0) is 65.2 Å². The van der Waals surface area contributed by atoms with Crippen LogP contribution >= 0.6 is 0 Å². The van der Waals surface area contributed by atoms with Gasteiger partial charge in [0.25, 0.3) is 5.91 Å². The molecule has 152 valence electrons. The molecule has 0 aliphatic heterocycles. The van der Waals surface area contributed by atoms with Crippen molar-refractivity contribution in [2.24, 2.45) is 0 Å². The molecule has 1 saturated carbocycles. The normalized spacial score (nSPS) is 15.8. The van der Waals surface area contributed by atoms with Crippen LogP contribution in [0.1, 0.15) is 75.9 Å². The van der Waals surface area contributed by atoms with E-state index in [0.29, 0.717) is 6.04 Å². The number of carbonyl (C=O) groups excluding carboxylic acids is 2. The Bertz CT molecular complexity index is 800. The van der Waals surface area contributed by atoms with E-state index in [9.17, 15) is 14.9 Å². The average molecular weight is 386 g/mol. The highest BCUT2D eigenvalue weighted by Crippen LogP contribution is 2.32. The molecule has 1 amide bonds. The van der Waals surface area contributed by atoms with Crippen LogP contribution in [-0.4, -0.2) is 28.6 Å². The largest absolute Gasteiger partial charge is 0.451 e. The highest BCUT2D eigenvalue weighted by atomic mass is 16.5. The summed E-state index contributed by atoms with van der Waals surface area (Å²) < 4.78 is 7.34. The molecule has 0 atom stereocenters. The van der Waals surface area contributed by atoms with E-state index in [1.807, 2.05) is 39.8 Å². The molecule has 1 fully saturated rings. The van der Waals surface area contributed by atoms with Crippen LogP contribution in [0.15, 0.2) is 11.6 Å². The fourth-order valence-corrected chi connectivity index (χ4v) is 3.81. The highest BCUT2D eigenvalue weighted by Gasteiger charge is 2.21. The van der Waals surface area contributed by atoms with Gasteiger partial charge in [-0.3, -0.25) is 4.79 Å². The van der Waals surface area contributed by atoms with Crippen molar-refractivity contribution in [1.82, 2.24) is 9.88 Å². The lowest BCUT2D eigenvalue weighted by molar-refractivity contribution is -0.144. The summed E-state index contributed by atoms with van der Waals surface area (Å²) in [6, 6.07) is 4.39. The topological polar surface area (TPSA) is 84.1 Å². The molecule has 0 unspecified atom stereocenters. The van der Waals surface area contributed by atoms with Crippen LogP contribution in [0.25, 0.3) is 6.08 Å². The summed E-state index contributed by atoms with van der Waals surface area (Å²) in [6.07, 6.45) is 7.64. The van der Waals surface area contributed by atoms with Crippen molar-refractivity contribution in [1.29, 1.82) is 5.26 Å².